The summed E-state index contributed by atoms with van der Waals surface area (Å²) in [7, 11) is 0. The Kier molecular flexibility index (Phi) is 6.26. The van der Waals surface area contributed by atoms with Gasteiger partial charge in [-0.3, -0.25) is 4.90 Å². The highest BCUT2D eigenvalue weighted by molar-refractivity contribution is 4.76. The zero-order valence-corrected chi connectivity index (χ0v) is 10.5. The van der Waals surface area contributed by atoms with Gasteiger partial charge < -0.3 is 5.73 Å². The van der Waals surface area contributed by atoms with Crippen molar-refractivity contribution in [3.8, 4) is 0 Å². The van der Waals surface area contributed by atoms with E-state index in [0.717, 1.165) is 12.5 Å². The molecule has 2 unspecified atom stereocenters. The predicted octanol–water partition coefficient (Wildman–Crippen LogP) is 2.63. The van der Waals surface area contributed by atoms with Crippen molar-refractivity contribution in [2.75, 3.05) is 19.6 Å². The van der Waals surface area contributed by atoms with E-state index in [2.05, 4.69) is 18.7 Å². The van der Waals surface area contributed by atoms with Crippen molar-refractivity contribution >= 4 is 0 Å². The van der Waals surface area contributed by atoms with Crippen molar-refractivity contribution in [3.63, 3.8) is 0 Å². The maximum atomic E-state index is 5.82. The van der Waals surface area contributed by atoms with Crippen LogP contribution in [0, 0.1) is 5.92 Å². The van der Waals surface area contributed by atoms with Crippen molar-refractivity contribution in [1.82, 2.24) is 4.90 Å². The van der Waals surface area contributed by atoms with Gasteiger partial charge in [-0.25, -0.2) is 0 Å². The van der Waals surface area contributed by atoms with Gasteiger partial charge in [0.2, 0.25) is 0 Å². The average molecular weight is 212 g/mol. The molecule has 1 aliphatic rings. The molecule has 1 rings (SSSR count). The molecule has 1 saturated heterocycles. The molecule has 1 fully saturated rings. The molecule has 0 radical (unpaired) electrons. The summed E-state index contributed by atoms with van der Waals surface area (Å²) >= 11 is 0. The number of hydrogen-bond acceptors (Lipinski definition) is 2. The van der Waals surface area contributed by atoms with E-state index in [0.29, 0.717) is 6.04 Å². The van der Waals surface area contributed by atoms with Crippen LogP contribution in [0.5, 0.6) is 0 Å². The molecule has 0 amide bonds. The van der Waals surface area contributed by atoms with E-state index in [1.165, 1.54) is 51.6 Å². The Morgan fingerprint density at radius 3 is 2.67 bits per heavy atom. The second-order valence-electron chi connectivity index (χ2n) is 4.92. The van der Waals surface area contributed by atoms with Gasteiger partial charge in [0.1, 0.15) is 0 Å². The number of hydrogen-bond donors (Lipinski definition) is 1. The van der Waals surface area contributed by atoms with Crippen molar-refractivity contribution in [1.29, 1.82) is 0 Å². The monoisotopic (exact) mass is 212 g/mol. The van der Waals surface area contributed by atoms with Crippen LogP contribution in [0.15, 0.2) is 0 Å². The summed E-state index contributed by atoms with van der Waals surface area (Å²) in [5.74, 6) is 0.982. The van der Waals surface area contributed by atoms with E-state index < -0.39 is 0 Å². The minimum Gasteiger partial charge on any atom is -0.329 e. The Labute approximate surface area is 95.2 Å². The summed E-state index contributed by atoms with van der Waals surface area (Å²) < 4.78 is 0. The molecule has 90 valence electrons. The number of nitrogens with zero attached hydrogens (tertiary/aromatic N) is 1. The molecule has 2 atom stereocenters. The minimum absolute atomic E-state index is 0.630. The zero-order chi connectivity index (χ0) is 11.1. The molecule has 0 bridgehead atoms. The molecule has 0 aromatic carbocycles. The summed E-state index contributed by atoms with van der Waals surface area (Å²) in [4.78, 5) is 2.62. The van der Waals surface area contributed by atoms with Crippen LogP contribution in [0.1, 0.15) is 52.4 Å². The number of rotatable bonds is 5. The van der Waals surface area contributed by atoms with Crippen molar-refractivity contribution in [2.24, 2.45) is 11.7 Å². The summed E-state index contributed by atoms with van der Waals surface area (Å²) in [6.45, 7) is 7.94. The number of likely N-dealkylation sites (tertiary alicyclic amines) is 1. The lowest BCUT2D eigenvalue weighted by molar-refractivity contribution is 0.200. The Morgan fingerprint density at radius 2 is 2.07 bits per heavy atom. The van der Waals surface area contributed by atoms with Gasteiger partial charge in [-0.15, -0.1) is 0 Å². The van der Waals surface area contributed by atoms with Crippen LogP contribution in [0.25, 0.3) is 0 Å². The molecule has 2 nitrogen and oxygen atoms in total. The summed E-state index contributed by atoms with van der Waals surface area (Å²) in [5.41, 5.74) is 5.82. The van der Waals surface area contributed by atoms with E-state index in [1.54, 1.807) is 0 Å². The predicted molar refractivity (Wildman–Crippen MR) is 67.0 cm³/mol. The van der Waals surface area contributed by atoms with Crippen molar-refractivity contribution < 1.29 is 0 Å². The molecule has 1 heterocycles. The van der Waals surface area contributed by atoms with Crippen LogP contribution in [0.2, 0.25) is 0 Å². The molecule has 2 heteroatoms. The van der Waals surface area contributed by atoms with Gasteiger partial charge in [0.25, 0.3) is 0 Å². The molecule has 0 aromatic heterocycles. The van der Waals surface area contributed by atoms with Gasteiger partial charge >= 0.3 is 0 Å². The lowest BCUT2D eigenvalue weighted by atomic mass is 9.96. The van der Waals surface area contributed by atoms with Gasteiger partial charge in [0.05, 0.1) is 0 Å². The first-order chi connectivity index (χ1) is 7.31. The second-order valence-corrected chi connectivity index (χ2v) is 4.92. The van der Waals surface area contributed by atoms with E-state index in [9.17, 15) is 0 Å². The van der Waals surface area contributed by atoms with Crippen LogP contribution in [0.3, 0.4) is 0 Å². The van der Waals surface area contributed by atoms with E-state index >= 15 is 0 Å². The van der Waals surface area contributed by atoms with Crippen molar-refractivity contribution in [2.45, 2.75) is 58.4 Å². The Bertz CT molecular complexity index is 155. The Morgan fingerprint density at radius 1 is 1.27 bits per heavy atom. The van der Waals surface area contributed by atoms with Gasteiger partial charge in [0.15, 0.2) is 0 Å². The molecule has 15 heavy (non-hydrogen) atoms. The first-order valence-electron chi connectivity index (χ1n) is 6.75. The van der Waals surface area contributed by atoms with Gasteiger partial charge in [-0.2, -0.15) is 0 Å². The van der Waals surface area contributed by atoms with Crippen LogP contribution in [0.4, 0.5) is 0 Å². The second kappa shape index (κ2) is 7.24. The van der Waals surface area contributed by atoms with Crippen molar-refractivity contribution in [3.05, 3.63) is 0 Å². The molecule has 0 saturated carbocycles. The lowest BCUT2D eigenvalue weighted by Crippen LogP contribution is -2.40. The first-order valence-corrected chi connectivity index (χ1v) is 6.75. The summed E-state index contributed by atoms with van der Waals surface area (Å²) in [5, 5.41) is 0. The molecule has 0 aromatic rings. The topological polar surface area (TPSA) is 29.3 Å². The Balaban J connectivity index is 2.37. The normalized spacial score (nSPS) is 26.2. The van der Waals surface area contributed by atoms with Crippen LogP contribution < -0.4 is 5.73 Å². The third-order valence-corrected chi connectivity index (χ3v) is 3.84. The van der Waals surface area contributed by atoms with E-state index in [-0.39, 0.29) is 0 Å². The molecular formula is C13H28N2. The largest absolute Gasteiger partial charge is 0.329 e. The molecule has 2 N–H and O–H groups in total. The minimum atomic E-state index is 0.630. The highest BCUT2D eigenvalue weighted by Gasteiger charge is 2.20. The SMILES string of the molecule is CCCC1CCCN(C(CC)CN)CC1. The zero-order valence-electron chi connectivity index (χ0n) is 10.5. The highest BCUT2D eigenvalue weighted by Crippen LogP contribution is 2.23. The quantitative estimate of drug-likeness (QED) is 0.759. The highest BCUT2D eigenvalue weighted by atomic mass is 15.2. The fraction of sp³-hybridized carbons (Fsp3) is 1.00. The third kappa shape index (κ3) is 4.12. The summed E-state index contributed by atoms with van der Waals surface area (Å²) in [6, 6.07) is 0.630. The molecular weight excluding hydrogens is 184 g/mol. The fourth-order valence-corrected chi connectivity index (χ4v) is 2.82. The Hall–Kier alpha value is -0.0800. The third-order valence-electron chi connectivity index (χ3n) is 3.84. The molecule has 0 spiro atoms. The molecule has 1 aliphatic heterocycles. The standard InChI is InChI=1S/C13H28N2/c1-3-6-12-7-5-9-15(10-8-12)13(4-2)11-14/h12-13H,3-11,14H2,1-2H3. The van der Waals surface area contributed by atoms with E-state index in [4.69, 9.17) is 5.73 Å². The average Bonchev–Trinajstić information content (AvgIpc) is 2.47. The van der Waals surface area contributed by atoms with Crippen LogP contribution >= 0.6 is 0 Å². The van der Waals surface area contributed by atoms with Gasteiger partial charge in [-0.1, -0.05) is 26.7 Å². The van der Waals surface area contributed by atoms with Crippen LogP contribution in [-0.2, 0) is 0 Å². The van der Waals surface area contributed by atoms with E-state index in [1.807, 2.05) is 0 Å². The van der Waals surface area contributed by atoms with Gasteiger partial charge in [-0.05, 0) is 44.7 Å². The number of nitrogens with two attached hydrogens (primary N) is 1. The summed E-state index contributed by atoms with van der Waals surface area (Å²) in [6.07, 6.45) is 8.18. The smallest absolute Gasteiger partial charge is 0.0215 e. The lowest BCUT2D eigenvalue weighted by Gasteiger charge is -2.28. The first kappa shape index (κ1) is 13.0. The van der Waals surface area contributed by atoms with Crippen LogP contribution in [-0.4, -0.2) is 30.6 Å². The van der Waals surface area contributed by atoms with Gasteiger partial charge in [0, 0.05) is 12.6 Å². The maximum Gasteiger partial charge on any atom is 0.0215 e. The molecule has 0 aliphatic carbocycles. The maximum absolute atomic E-state index is 5.82. The fourth-order valence-electron chi connectivity index (χ4n) is 2.82.